The Bertz CT molecular complexity index is 558. The lowest BCUT2D eigenvalue weighted by Gasteiger charge is -2.25. The van der Waals surface area contributed by atoms with Gasteiger partial charge in [0.15, 0.2) is 0 Å². The molecule has 0 radical (unpaired) electrons. The molecule has 22 heavy (non-hydrogen) atoms. The number of sulfonamides is 1. The first-order valence-corrected chi connectivity index (χ1v) is 9.11. The van der Waals surface area contributed by atoms with Crippen molar-refractivity contribution in [3.63, 3.8) is 0 Å². The van der Waals surface area contributed by atoms with E-state index in [0.29, 0.717) is 12.5 Å². The van der Waals surface area contributed by atoms with E-state index in [2.05, 4.69) is 17.9 Å². The first-order valence-electron chi connectivity index (χ1n) is 7.50. The number of rotatable bonds is 9. The molecule has 0 saturated carbocycles. The number of hydrogen-bond donors (Lipinski definition) is 0. The highest BCUT2D eigenvalue weighted by Gasteiger charge is 2.16. The Hall–Kier alpha value is -1.11. The van der Waals surface area contributed by atoms with Crippen molar-refractivity contribution in [3.8, 4) is 5.75 Å². The first-order chi connectivity index (χ1) is 10.3. The van der Waals surface area contributed by atoms with Crippen molar-refractivity contribution in [1.29, 1.82) is 0 Å². The normalized spacial score (nSPS) is 13.6. The highest BCUT2D eigenvalue weighted by molar-refractivity contribution is 7.89. The standard InChI is InChI=1S/C16H28N2O3S/c1-14(13-15-9-6-7-10-16(15)21-5)18(4)11-8-12-22(19,20)17(2)3/h6-7,9-10,14H,8,11-13H2,1-5H3/t14-/m0/s1. The average Bonchev–Trinajstić information content (AvgIpc) is 2.47. The maximum atomic E-state index is 11.7. The zero-order valence-corrected chi connectivity index (χ0v) is 15.1. The van der Waals surface area contributed by atoms with Gasteiger partial charge in [0, 0.05) is 20.1 Å². The van der Waals surface area contributed by atoms with Gasteiger partial charge in [-0.3, -0.25) is 0 Å². The third-order valence-corrected chi connectivity index (χ3v) is 5.85. The summed E-state index contributed by atoms with van der Waals surface area (Å²) in [5, 5.41) is 0. The predicted octanol–water partition coefficient (Wildman–Crippen LogP) is 1.84. The van der Waals surface area contributed by atoms with Gasteiger partial charge in [-0.15, -0.1) is 0 Å². The van der Waals surface area contributed by atoms with Gasteiger partial charge in [0.2, 0.25) is 10.0 Å². The number of benzene rings is 1. The van der Waals surface area contributed by atoms with Gasteiger partial charge in [0.25, 0.3) is 0 Å². The van der Waals surface area contributed by atoms with Gasteiger partial charge in [-0.1, -0.05) is 18.2 Å². The second-order valence-electron chi connectivity index (χ2n) is 5.80. The molecule has 0 spiro atoms. The molecule has 0 unspecified atom stereocenters. The van der Waals surface area contributed by atoms with Gasteiger partial charge in [0.1, 0.15) is 5.75 Å². The summed E-state index contributed by atoms with van der Waals surface area (Å²) < 4.78 is 30.2. The fourth-order valence-corrected chi connectivity index (χ4v) is 3.10. The summed E-state index contributed by atoms with van der Waals surface area (Å²) in [5.74, 6) is 1.09. The summed E-state index contributed by atoms with van der Waals surface area (Å²) in [5.41, 5.74) is 1.17. The van der Waals surface area contributed by atoms with E-state index in [1.165, 1.54) is 9.87 Å². The zero-order valence-electron chi connectivity index (χ0n) is 14.2. The van der Waals surface area contributed by atoms with Crippen LogP contribution in [0.15, 0.2) is 24.3 Å². The second-order valence-corrected chi connectivity index (χ2v) is 8.10. The Labute approximate surface area is 134 Å². The Kier molecular flexibility index (Phi) is 7.32. The fraction of sp³-hybridized carbons (Fsp3) is 0.625. The SMILES string of the molecule is COc1ccccc1C[C@H](C)N(C)CCCS(=O)(=O)N(C)C. The molecule has 0 amide bonds. The summed E-state index contributed by atoms with van der Waals surface area (Å²) in [6, 6.07) is 8.32. The van der Waals surface area contributed by atoms with Gasteiger partial charge in [-0.25, -0.2) is 12.7 Å². The van der Waals surface area contributed by atoms with Crippen LogP contribution in [-0.2, 0) is 16.4 Å². The van der Waals surface area contributed by atoms with Crippen LogP contribution in [0.5, 0.6) is 5.75 Å². The lowest BCUT2D eigenvalue weighted by atomic mass is 10.1. The molecule has 0 saturated heterocycles. The topological polar surface area (TPSA) is 49.9 Å². The minimum Gasteiger partial charge on any atom is -0.496 e. The molecule has 0 aliphatic rings. The maximum Gasteiger partial charge on any atom is 0.213 e. The number of nitrogens with zero attached hydrogens (tertiary/aromatic N) is 2. The molecule has 0 heterocycles. The van der Waals surface area contributed by atoms with Crippen molar-refractivity contribution in [2.75, 3.05) is 40.6 Å². The van der Waals surface area contributed by atoms with Crippen LogP contribution in [-0.4, -0.2) is 64.2 Å². The molecule has 0 fully saturated rings. The Morgan fingerprint density at radius 1 is 1.18 bits per heavy atom. The van der Waals surface area contributed by atoms with Crippen LogP contribution in [0.3, 0.4) is 0 Å². The van der Waals surface area contributed by atoms with Crippen molar-refractivity contribution in [3.05, 3.63) is 29.8 Å². The molecule has 0 aromatic heterocycles. The molecule has 0 N–H and O–H groups in total. The Balaban J connectivity index is 2.50. The molecule has 0 aliphatic heterocycles. The maximum absolute atomic E-state index is 11.7. The predicted molar refractivity (Wildman–Crippen MR) is 90.9 cm³/mol. The molecule has 6 heteroatoms. The molecular weight excluding hydrogens is 300 g/mol. The molecule has 5 nitrogen and oxygen atoms in total. The lowest BCUT2D eigenvalue weighted by Crippen LogP contribution is -2.34. The van der Waals surface area contributed by atoms with E-state index >= 15 is 0 Å². The second kappa shape index (κ2) is 8.50. The molecule has 0 bridgehead atoms. The Morgan fingerprint density at radius 3 is 2.41 bits per heavy atom. The van der Waals surface area contributed by atoms with Gasteiger partial charge >= 0.3 is 0 Å². The first kappa shape index (κ1) is 18.9. The Morgan fingerprint density at radius 2 is 1.82 bits per heavy atom. The third-order valence-electron chi connectivity index (χ3n) is 3.93. The molecule has 1 aromatic carbocycles. The quantitative estimate of drug-likeness (QED) is 0.694. The average molecular weight is 328 g/mol. The smallest absolute Gasteiger partial charge is 0.213 e. The van der Waals surface area contributed by atoms with Crippen LogP contribution in [0.4, 0.5) is 0 Å². The van der Waals surface area contributed by atoms with Crippen LogP contribution in [0.2, 0.25) is 0 Å². The van der Waals surface area contributed by atoms with Crippen LogP contribution in [0, 0.1) is 0 Å². The van der Waals surface area contributed by atoms with Crippen molar-refractivity contribution in [2.45, 2.75) is 25.8 Å². The summed E-state index contributed by atoms with van der Waals surface area (Å²) in [6.45, 7) is 2.90. The van der Waals surface area contributed by atoms with Crippen molar-refractivity contribution < 1.29 is 13.2 Å². The molecule has 1 rings (SSSR count). The van der Waals surface area contributed by atoms with E-state index in [4.69, 9.17) is 4.74 Å². The fourth-order valence-electron chi connectivity index (χ4n) is 2.25. The number of ether oxygens (including phenoxy) is 1. The molecule has 1 aromatic rings. The third kappa shape index (κ3) is 5.59. The van der Waals surface area contributed by atoms with Gasteiger partial charge in [0.05, 0.1) is 12.9 Å². The summed E-state index contributed by atoms with van der Waals surface area (Å²) in [7, 11) is 3.75. The van der Waals surface area contributed by atoms with Crippen LogP contribution >= 0.6 is 0 Å². The van der Waals surface area contributed by atoms with Crippen molar-refractivity contribution in [2.24, 2.45) is 0 Å². The van der Waals surface area contributed by atoms with Crippen molar-refractivity contribution >= 4 is 10.0 Å². The van der Waals surface area contributed by atoms with E-state index in [1.807, 2.05) is 25.2 Å². The molecule has 0 aliphatic carbocycles. The number of para-hydroxylation sites is 1. The number of likely N-dealkylation sites (N-methyl/N-ethyl adjacent to an activating group) is 1. The van der Waals surface area contributed by atoms with Gasteiger partial charge in [-0.2, -0.15) is 0 Å². The van der Waals surface area contributed by atoms with Gasteiger partial charge in [-0.05, 0) is 45.0 Å². The molecular formula is C16H28N2O3S. The molecule has 1 atom stereocenters. The monoisotopic (exact) mass is 328 g/mol. The summed E-state index contributed by atoms with van der Waals surface area (Å²) >= 11 is 0. The minimum absolute atomic E-state index is 0.186. The van der Waals surface area contributed by atoms with Crippen molar-refractivity contribution in [1.82, 2.24) is 9.21 Å². The zero-order chi connectivity index (χ0) is 16.8. The highest BCUT2D eigenvalue weighted by Crippen LogP contribution is 2.20. The van der Waals surface area contributed by atoms with E-state index in [1.54, 1.807) is 21.2 Å². The number of hydrogen-bond acceptors (Lipinski definition) is 4. The summed E-state index contributed by atoms with van der Waals surface area (Å²) in [6.07, 6.45) is 1.51. The molecule has 126 valence electrons. The van der Waals surface area contributed by atoms with Crippen LogP contribution < -0.4 is 4.74 Å². The lowest BCUT2D eigenvalue weighted by molar-refractivity contribution is 0.255. The van der Waals surface area contributed by atoms with Crippen LogP contribution in [0.25, 0.3) is 0 Å². The van der Waals surface area contributed by atoms with Gasteiger partial charge < -0.3 is 9.64 Å². The number of methoxy groups -OCH3 is 1. The van der Waals surface area contributed by atoms with E-state index in [0.717, 1.165) is 18.7 Å². The largest absolute Gasteiger partial charge is 0.496 e. The van der Waals surface area contributed by atoms with E-state index < -0.39 is 10.0 Å². The highest BCUT2D eigenvalue weighted by atomic mass is 32.2. The summed E-state index contributed by atoms with van der Waals surface area (Å²) in [4.78, 5) is 2.19. The van der Waals surface area contributed by atoms with E-state index in [9.17, 15) is 8.42 Å². The van der Waals surface area contributed by atoms with E-state index in [-0.39, 0.29) is 5.75 Å². The van der Waals surface area contributed by atoms with Crippen LogP contribution in [0.1, 0.15) is 18.9 Å². The minimum atomic E-state index is -3.10.